The van der Waals surface area contributed by atoms with E-state index in [1.165, 1.54) is 4.68 Å². The Bertz CT molecular complexity index is 881. The number of carbonyl (C=O) groups is 1. The van der Waals surface area contributed by atoms with Crippen LogP contribution in [0.2, 0.25) is 0 Å². The number of rotatable bonds is 8. The Balaban J connectivity index is 1.56. The number of piperidine rings is 1. The Morgan fingerprint density at radius 3 is 2.72 bits per heavy atom. The van der Waals surface area contributed by atoms with Gasteiger partial charge in [-0.15, -0.1) is 0 Å². The average Bonchev–Trinajstić information content (AvgIpc) is 3.02. The van der Waals surface area contributed by atoms with Crippen LogP contribution in [0.5, 0.6) is 0 Å². The zero-order valence-electron chi connectivity index (χ0n) is 17.6. The van der Waals surface area contributed by atoms with Gasteiger partial charge in [0.15, 0.2) is 0 Å². The highest BCUT2D eigenvalue weighted by Gasteiger charge is 2.27. The number of ether oxygens (including phenoxy) is 1. The van der Waals surface area contributed by atoms with Crippen molar-refractivity contribution in [3.8, 4) is 0 Å². The largest absolute Gasteiger partial charge is 0.383 e. The van der Waals surface area contributed by atoms with E-state index in [4.69, 9.17) is 4.74 Å². The molecule has 1 N–H and O–H groups in total. The van der Waals surface area contributed by atoms with Crippen LogP contribution >= 0.6 is 0 Å². The lowest BCUT2D eigenvalue weighted by Crippen LogP contribution is -2.39. The van der Waals surface area contributed by atoms with Gasteiger partial charge in [0.05, 0.1) is 19.7 Å². The minimum Gasteiger partial charge on any atom is -0.383 e. The lowest BCUT2D eigenvalue weighted by atomic mass is 9.96. The number of amides is 1. The van der Waals surface area contributed by atoms with Gasteiger partial charge >= 0.3 is 5.69 Å². The fourth-order valence-corrected chi connectivity index (χ4v) is 3.86. The standard InChI is InChI=1S/C21H31N5O3/c1-4-25-20(23-26(21(25)28)12-13-29-3)17-8-10-24(11-9-17)15-19(27)22-18-7-5-6-16(2)14-18/h5-7,14,17H,4,8-13,15H2,1-3H3,(H,22,27). The summed E-state index contributed by atoms with van der Waals surface area (Å²) in [6.07, 6.45) is 1.77. The van der Waals surface area contributed by atoms with E-state index in [9.17, 15) is 9.59 Å². The first-order valence-electron chi connectivity index (χ1n) is 10.3. The van der Waals surface area contributed by atoms with Gasteiger partial charge in [0, 0.05) is 25.3 Å². The van der Waals surface area contributed by atoms with E-state index in [-0.39, 0.29) is 17.5 Å². The first kappa shape index (κ1) is 21.3. The molecule has 29 heavy (non-hydrogen) atoms. The summed E-state index contributed by atoms with van der Waals surface area (Å²) >= 11 is 0. The maximum absolute atomic E-state index is 12.5. The highest BCUT2D eigenvalue weighted by molar-refractivity contribution is 5.92. The summed E-state index contributed by atoms with van der Waals surface area (Å²) in [6.45, 7) is 7.53. The molecule has 2 heterocycles. The van der Waals surface area contributed by atoms with Gasteiger partial charge in [-0.05, 0) is 57.5 Å². The number of hydrogen-bond acceptors (Lipinski definition) is 5. The van der Waals surface area contributed by atoms with Gasteiger partial charge in [0.1, 0.15) is 5.82 Å². The number of benzene rings is 1. The van der Waals surface area contributed by atoms with Crippen LogP contribution in [0.1, 0.15) is 37.1 Å². The Kier molecular flexibility index (Phi) is 7.22. The third-order valence-corrected chi connectivity index (χ3v) is 5.40. The molecule has 0 aliphatic carbocycles. The molecular weight excluding hydrogens is 370 g/mol. The van der Waals surface area contributed by atoms with Gasteiger partial charge in [-0.1, -0.05) is 12.1 Å². The number of nitrogens with zero attached hydrogens (tertiary/aromatic N) is 4. The van der Waals surface area contributed by atoms with Crippen molar-refractivity contribution in [2.75, 3.05) is 38.7 Å². The lowest BCUT2D eigenvalue weighted by molar-refractivity contribution is -0.117. The second-order valence-electron chi connectivity index (χ2n) is 7.57. The first-order chi connectivity index (χ1) is 14.0. The summed E-state index contributed by atoms with van der Waals surface area (Å²) in [4.78, 5) is 27.1. The number of anilines is 1. The number of carbonyl (C=O) groups excluding carboxylic acids is 1. The second-order valence-corrected chi connectivity index (χ2v) is 7.57. The molecule has 1 fully saturated rings. The van der Waals surface area contributed by atoms with Crippen molar-refractivity contribution in [2.24, 2.45) is 0 Å². The van der Waals surface area contributed by atoms with Crippen LogP contribution in [0.25, 0.3) is 0 Å². The Labute approximate surface area is 171 Å². The van der Waals surface area contributed by atoms with Gasteiger partial charge in [0.2, 0.25) is 5.91 Å². The highest BCUT2D eigenvalue weighted by Crippen LogP contribution is 2.26. The zero-order valence-corrected chi connectivity index (χ0v) is 17.6. The Hall–Kier alpha value is -2.45. The summed E-state index contributed by atoms with van der Waals surface area (Å²) in [6, 6.07) is 7.82. The zero-order chi connectivity index (χ0) is 20.8. The van der Waals surface area contributed by atoms with E-state index in [1.54, 1.807) is 11.7 Å². The SMILES string of the molecule is CCn1c(C2CCN(CC(=O)Nc3cccc(C)c3)CC2)nn(CCOC)c1=O. The van der Waals surface area contributed by atoms with E-state index >= 15 is 0 Å². The number of hydrogen-bond donors (Lipinski definition) is 1. The van der Waals surface area contributed by atoms with Crippen LogP contribution in [0.4, 0.5) is 5.69 Å². The highest BCUT2D eigenvalue weighted by atomic mass is 16.5. The molecule has 0 bridgehead atoms. The van der Waals surface area contributed by atoms with Crippen LogP contribution in [0, 0.1) is 6.92 Å². The fourth-order valence-electron chi connectivity index (χ4n) is 3.86. The predicted octanol–water partition coefficient (Wildman–Crippen LogP) is 1.84. The molecule has 0 saturated carbocycles. The van der Waals surface area contributed by atoms with E-state index in [1.807, 2.05) is 38.1 Å². The molecule has 0 spiro atoms. The Morgan fingerprint density at radius 2 is 2.07 bits per heavy atom. The fraction of sp³-hybridized carbons (Fsp3) is 0.571. The van der Waals surface area contributed by atoms with Crippen molar-refractivity contribution < 1.29 is 9.53 Å². The molecule has 0 unspecified atom stereocenters. The van der Waals surface area contributed by atoms with E-state index in [0.29, 0.717) is 26.2 Å². The number of nitrogens with one attached hydrogen (secondary N) is 1. The van der Waals surface area contributed by atoms with Crippen molar-refractivity contribution in [2.45, 2.75) is 45.7 Å². The minimum absolute atomic E-state index is 0.00311. The van der Waals surface area contributed by atoms with Crippen LogP contribution < -0.4 is 11.0 Å². The van der Waals surface area contributed by atoms with Gasteiger partial charge < -0.3 is 10.1 Å². The molecule has 2 aromatic rings. The molecule has 1 aromatic carbocycles. The maximum atomic E-state index is 12.5. The van der Waals surface area contributed by atoms with Crippen LogP contribution in [0.15, 0.2) is 29.1 Å². The van der Waals surface area contributed by atoms with Gasteiger partial charge in [-0.2, -0.15) is 5.10 Å². The molecule has 8 nitrogen and oxygen atoms in total. The number of aryl methyl sites for hydroxylation is 1. The number of aromatic nitrogens is 3. The van der Waals surface area contributed by atoms with Crippen LogP contribution in [-0.2, 0) is 22.6 Å². The van der Waals surface area contributed by atoms with Crippen molar-refractivity contribution in [3.63, 3.8) is 0 Å². The monoisotopic (exact) mass is 401 g/mol. The summed E-state index contributed by atoms with van der Waals surface area (Å²) in [5, 5.41) is 7.55. The van der Waals surface area contributed by atoms with E-state index < -0.39 is 0 Å². The van der Waals surface area contributed by atoms with Crippen molar-refractivity contribution in [3.05, 3.63) is 46.1 Å². The molecule has 1 aromatic heterocycles. The number of likely N-dealkylation sites (tertiary alicyclic amines) is 1. The van der Waals surface area contributed by atoms with Crippen molar-refractivity contribution in [1.82, 2.24) is 19.2 Å². The summed E-state index contributed by atoms with van der Waals surface area (Å²) in [5.74, 6) is 1.10. The molecule has 1 aliphatic rings. The van der Waals surface area contributed by atoms with E-state index in [2.05, 4.69) is 15.3 Å². The summed E-state index contributed by atoms with van der Waals surface area (Å²) < 4.78 is 8.34. The quantitative estimate of drug-likeness (QED) is 0.730. The smallest absolute Gasteiger partial charge is 0.345 e. The van der Waals surface area contributed by atoms with Crippen LogP contribution in [0.3, 0.4) is 0 Å². The average molecular weight is 402 g/mol. The molecule has 3 rings (SSSR count). The van der Waals surface area contributed by atoms with Gasteiger partial charge in [-0.25, -0.2) is 9.48 Å². The minimum atomic E-state index is -0.0699. The normalized spacial score (nSPS) is 15.6. The lowest BCUT2D eigenvalue weighted by Gasteiger charge is -2.30. The molecule has 158 valence electrons. The first-order valence-corrected chi connectivity index (χ1v) is 10.3. The van der Waals surface area contributed by atoms with Crippen molar-refractivity contribution in [1.29, 1.82) is 0 Å². The summed E-state index contributed by atoms with van der Waals surface area (Å²) in [7, 11) is 1.62. The molecule has 1 aliphatic heterocycles. The predicted molar refractivity (Wildman–Crippen MR) is 112 cm³/mol. The van der Waals surface area contributed by atoms with Crippen LogP contribution in [-0.4, -0.2) is 58.5 Å². The molecule has 8 heteroatoms. The summed E-state index contributed by atoms with van der Waals surface area (Å²) in [5.41, 5.74) is 1.88. The third kappa shape index (κ3) is 5.33. The van der Waals surface area contributed by atoms with Crippen molar-refractivity contribution >= 4 is 11.6 Å². The van der Waals surface area contributed by atoms with Gasteiger partial charge in [0.25, 0.3) is 0 Å². The van der Waals surface area contributed by atoms with Gasteiger partial charge in [-0.3, -0.25) is 14.3 Å². The molecule has 0 radical (unpaired) electrons. The number of methoxy groups -OCH3 is 1. The third-order valence-electron chi connectivity index (χ3n) is 5.40. The molecule has 0 atom stereocenters. The molecule has 1 amide bonds. The molecule has 1 saturated heterocycles. The second kappa shape index (κ2) is 9.84. The topological polar surface area (TPSA) is 81.4 Å². The maximum Gasteiger partial charge on any atom is 0.345 e. The van der Waals surface area contributed by atoms with E-state index in [0.717, 1.165) is 43.0 Å². The molecular formula is C21H31N5O3. The Morgan fingerprint density at radius 1 is 1.31 bits per heavy atom.